The predicted octanol–water partition coefficient (Wildman–Crippen LogP) is 1.97. The van der Waals surface area contributed by atoms with E-state index in [-0.39, 0.29) is 5.91 Å². The molecular formula is C17H18ClN5O2. The molecule has 1 fully saturated rings. The highest BCUT2D eigenvalue weighted by Gasteiger charge is 2.18. The minimum Gasteiger partial charge on any atom is -0.342 e. The van der Waals surface area contributed by atoms with Gasteiger partial charge in [-0.1, -0.05) is 11.6 Å². The molecule has 7 nitrogen and oxygen atoms in total. The summed E-state index contributed by atoms with van der Waals surface area (Å²) in [6.07, 6.45) is 3.87. The molecular weight excluding hydrogens is 342 g/mol. The molecule has 1 aromatic heterocycles. The zero-order valence-corrected chi connectivity index (χ0v) is 14.5. The molecule has 1 aliphatic heterocycles. The number of anilines is 2. The molecule has 2 amide bonds. The van der Waals surface area contributed by atoms with Crippen molar-refractivity contribution in [1.29, 1.82) is 0 Å². The molecule has 25 heavy (non-hydrogen) atoms. The van der Waals surface area contributed by atoms with Crippen molar-refractivity contribution in [2.24, 2.45) is 0 Å². The summed E-state index contributed by atoms with van der Waals surface area (Å²) in [6.45, 7) is 4.51. The minimum atomic E-state index is -0.275. The van der Waals surface area contributed by atoms with Gasteiger partial charge in [-0.25, -0.2) is 9.97 Å². The minimum absolute atomic E-state index is 0.275. The number of aryl methyl sites for hydroxylation is 1. The van der Waals surface area contributed by atoms with E-state index in [1.165, 1.54) is 12.4 Å². The Balaban J connectivity index is 1.65. The number of halogens is 1. The van der Waals surface area contributed by atoms with Gasteiger partial charge in [-0.2, -0.15) is 0 Å². The number of nitrogens with one attached hydrogen (secondary N) is 1. The smallest absolute Gasteiger partial charge is 0.258 e. The van der Waals surface area contributed by atoms with Gasteiger partial charge in [0.2, 0.25) is 12.4 Å². The Morgan fingerprint density at radius 1 is 1.20 bits per heavy atom. The van der Waals surface area contributed by atoms with Crippen LogP contribution in [0.4, 0.5) is 11.6 Å². The highest BCUT2D eigenvalue weighted by molar-refractivity contribution is 6.30. The van der Waals surface area contributed by atoms with E-state index < -0.39 is 0 Å². The summed E-state index contributed by atoms with van der Waals surface area (Å²) in [5.74, 6) is 0.285. The van der Waals surface area contributed by atoms with Crippen LogP contribution in [0.15, 0.2) is 30.6 Å². The lowest BCUT2D eigenvalue weighted by molar-refractivity contribution is -0.118. The molecule has 0 bridgehead atoms. The maximum absolute atomic E-state index is 12.3. The normalized spacial score (nSPS) is 14.3. The SMILES string of the molecule is Cc1cc(Cl)ccc1NC(=O)c1cnc(N2CCN(C=O)CC2)nc1. The van der Waals surface area contributed by atoms with Crippen LogP contribution >= 0.6 is 11.6 Å². The average Bonchev–Trinajstić information content (AvgIpc) is 2.64. The summed E-state index contributed by atoms with van der Waals surface area (Å²) in [5.41, 5.74) is 1.96. The van der Waals surface area contributed by atoms with Crippen LogP contribution < -0.4 is 10.2 Å². The van der Waals surface area contributed by atoms with Crippen LogP contribution in [0.3, 0.4) is 0 Å². The van der Waals surface area contributed by atoms with Gasteiger partial charge in [0.25, 0.3) is 5.91 Å². The second-order valence-corrected chi connectivity index (χ2v) is 6.25. The molecule has 1 aromatic carbocycles. The van der Waals surface area contributed by atoms with E-state index in [4.69, 9.17) is 11.6 Å². The highest BCUT2D eigenvalue weighted by atomic mass is 35.5. The van der Waals surface area contributed by atoms with Crippen LogP contribution in [-0.4, -0.2) is 53.4 Å². The number of hydrogen-bond acceptors (Lipinski definition) is 5. The lowest BCUT2D eigenvalue weighted by Crippen LogP contribution is -2.46. The van der Waals surface area contributed by atoms with E-state index >= 15 is 0 Å². The fourth-order valence-corrected chi connectivity index (χ4v) is 2.82. The molecule has 1 aliphatic rings. The molecule has 2 heterocycles. The van der Waals surface area contributed by atoms with Crippen molar-refractivity contribution in [3.8, 4) is 0 Å². The number of carbonyl (C=O) groups is 2. The van der Waals surface area contributed by atoms with Crippen LogP contribution in [0.5, 0.6) is 0 Å². The fourth-order valence-electron chi connectivity index (χ4n) is 2.59. The van der Waals surface area contributed by atoms with E-state index in [2.05, 4.69) is 15.3 Å². The topological polar surface area (TPSA) is 78.4 Å². The summed E-state index contributed by atoms with van der Waals surface area (Å²) in [4.78, 5) is 35.3. The van der Waals surface area contributed by atoms with Gasteiger partial charge in [-0.3, -0.25) is 9.59 Å². The first-order valence-electron chi connectivity index (χ1n) is 7.90. The average molecular weight is 360 g/mol. The van der Waals surface area contributed by atoms with E-state index in [0.717, 1.165) is 12.0 Å². The van der Waals surface area contributed by atoms with Crippen molar-refractivity contribution in [3.05, 3.63) is 46.7 Å². The summed E-state index contributed by atoms with van der Waals surface area (Å²) >= 11 is 5.92. The van der Waals surface area contributed by atoms with Crippen molar-refractivity contribution in [2.75, 3.05) is 36.4 Å². The number of nitrogens with zero attached hydrogens (tertiary/aromatic N) is 4. The molecule has 3 rings (SSSR count). The van der Waals surface area contributed by atoms with Crippen LogP contribution in [0.1, 0.15) is 15.9 Å². The van der Waals surface area contributed by atoms with Gasteiger partial charge in [-0.15, -0.1) is 0 Å². The molecule has 2 aromatic rings. The first-order chi connectivity index (χ1) is 12.1. The molecule has 130 valence electrons. The van der Waals surface area contributed by atoms with Gasteiger partial charge in [0.15, 0.2) is 0 Å². The second kappa shape index (κ2) is 7.48. The van der Waals surface area contributed by atoms with Crippen molar-refractivity contribution in [2.45, 2.75) is 6.92 Å². The molecule has 8 heteroatoms. The van der Waals surface area contributed by atoms with Gasteiger partial charge in [-0.05, 0) is 30.7 Å². The number of hydrogen-bond donors (Lipinski definition) is 1. The molecule has 0 saturated carbocycles. The highest BCUT2D eigenvalue weighted by Crippen LogP contribution is 2.20. The summed E-state index contributed by atoms with van der Waals surface area (Å²) in [7, 11) is 0. The van der Waals surface area contributed by atoms with E-state index in [0.29, 0.717) is 48.4 Å². The molecule has 1 N–H and O–H groups in total. The Morgan fingerprint density at radius 2 is 1.88 bits per heavy atom. The van der Waals surface area contributed by atoms with E-state index in [9.17, 15) is 9.59 Å². The second-order valence-electron chi connectivity index (χ2n) is 5.81. The van der Waals surface area contributed by atoms with Crippen molar-refractivity contribution >= 4 is 35.6 Å². The third-order valence-electron chi connectivity index (χ3n) is 4.08. The quantitative estimate of drug-likeness (QED) is 0.844. The largest absolute Gasteiger partial charge is 0.342 e. The summed E-state index contributed by atoms with van der Waals surface area (Å²) in [6, 6.07) is 5.27. The number of amides is 2. The number of rotatable bonds is 4. The van der Waals surface area contributed by atoms with Gasteiger partial charge in [0, 0.05) is 49.3 Å². The van der Waals surface area contributed by atoms with Crippen molar-refractivity contribution in [3.63, 3.8) is 0 Å². The van der Waals surface area contributed by atoms with E-state index in [1.807, 2.05) is 11.8 Å². The third kappa shape index (κ3) is 4.06. The predicted molar refractivity (Wildman–Crippen MR) is 96.0 cm³/mol. The zero-order valence-electron chi connectivity index (χ0n) is 13.8. The summed E-state index contributed by atoms with van der Waals surface area (Å²) in [5, 5.41) is 3.45. The van der Waals surface area contributed by atoms with Crippen LogP contribution in [0.25, 0.3) is 0 Å². The monoisotopic (exact) mass is 359 g/mol. The Labute approximate surface area is 150 Å². The lowest BCUT2D eigenvalue weighted by atomic mass is 10.2. The molecule has 0 unspecified atom stereocenters. The van der Waals surface area contributed by atoms with Gasteiger partial charge < -0.3 is 15.1 Å². The van der Waals surface area contributed by atoms with Crippen LogP contribution in [0.2, 0.25) is 5.02 Å². The Hall–Kier alpha value is -2.67. The Kier molecular flexibility index (Phi) is 5.14. The van der Waals surface area contributed by atoms with E-state index in [1.54, 1.807) is 23.1 Å². The van der Waals surface area contributed by atoms with Crippen LogP contribution in [-0.2, 0) is 4.79 Å². The van der Waals surface area contributed by atoms with Gasteiger partial charge in [0.05, 0.1) is 5.56 Å². The molecule has 0 spiro atoms. The number of piperazine rings is 1. The first-order valence-corrected chi connectivity index (χ1v) is 8.28. The number of carbonyl (C=O) groups excluding carboxylic acids is 2. The summed E-state index contributed by atoms with van der Waals surface area (Å²) < 4.78 is 0. The van der Waals surface area contributed by atoms with Crippen molar-refractivity contribution < 1.29 is 9.59 Å². The molecule has 0 aliphatic carbocycles. The molecule has 0 atom stereocenters. The molecule has 0 radical (unpaired) electrons. The fraction of sp³-hybridized carbons (Fsp3) is 0.294. The van der Waals surface area contributed by atoms with Gasteiger partial charge in [0.1, 0.15) is 0 Å². The molecule has 1 saturated heterocycles. The van der Waals surface area contributed by atoms with Crippen molar-refractivity contribution in [1.82, 2.24) is 14.9 Å². The maximum atomic E-state index is 12.3. The van der Waals surface area contributed by atoms with Crippen LogP contribution in [0, 0.1) is 6.92 Å². The number of benzene rings is 1. The number of aromatic nitrogens is 2. The first kappa shape index (κ1) is 17.2. The lowest BCUT2D eigenvalue weighted by Gasteiger charge is -2.32. The standard InChI is InChI=1S/C17H18ClN5O2/c1-12-8-14(18)2-3-15(12)21-16(25)13-9-19-17(20-10-13)23-6-4-22(11-24)5-7-23/h2-3,8-11H,4-7H2,1H3,(H,21,25). The third-order valence-corrected chi connectivity index (χ3v) is 4.32. The zero-order chi connectivity index (χ0) is 17.8. The maximum Gasteiger partial charge on any atom is 0.258 e. The Bertz CT molecular complexity index is 773. The van der Waals surface area contributed by atoms with Gasteiger partial charge >= 0.3 is 0 Å². The Morgan fingerprint density at radius 3 is 2.48 bits per heavy atom.